The van der Waals surface area contributed by atoms with Crippen LogP contribution in [-0.4, -0.2) is 34.7 Å². The highest BCUT2D eigenvalue weighted by Gasteiger charge is 2.86. The van der Waals surface area contributed by atoms with Crippen LogP contribution in [0, 0.1) is 29.6 Å². The summed E-state index contributed by atoms with van der Waals surface area (Å²) in [6.45, 7) is 0.278. The van der Waals surface area contributed by atoms with Crippen LogP contribution in [-0.2, 0) is 0 Å². The Morgan fingerprint density at radius 2 is 1.00 bits per heavy atom. The Labute approximate surface area is 143 Å². The number of aliphatic hydroxyl groups is 1. The van der Waals surface area contributed by atoms with Gasteiger partial charge in [0.1, 0.15) is 5.60 Å². The first kappa shape index (κ1) is 20.1. The molecular formula is C16H19F9O. The predicted molar refractivity (Wildman–Crippen MR) is 72.1 cm³/mol. The van der Waals surface area contributed by atoms with E-state index in [1.54, 1.807) is 0 Å². The normalized spacial score (nSPS) is 37.7. The van der Waals surface area contributed by atoms with E-state index in [0.29, 0.717) is 25.7 Å². The molecule has 26 heavy (non-hydrogen) atoms. The second-order valence-electron chi connectivity index (χ2n) is 8.32. The van der Waals surface area contributed by atoms with Crippen LogP contribution in [0.4, 0.5) is 39.5 Å². The van der Waals surface area contributed by atoms with E-state index >= 15 is 0 Å². The van der Waals surface area contributed by atoms with Crippen molar-refractivity contribution in [2.24, 2.45) is 29.6 Å². The molecule has 4 fully saturated rings. The summed E-state index contributed by atoms with van der Waals surface area (Å²) in [5, 5.41) is 10.3. The van der Waals surface area contributed by atoms with Gasteiger partial charge in [-0.15, -0.1) is 0 Å². The number of halogens is 9. The van der Waals surface area contributed by atoms with Gasteiger partial charge in [-0.2, -0.15) is 39.5 Å². The van der Waals surface area contributed by atoms with Crippen LogP contribution in [0.25, 0.3) is 0 Å². The molecule has 1 unspecified atom stereocenters. The van der Waals surface area contributed by atoms with Crippen LogP contribution in [0.3, 0.4) is 0 Å². The third-order valence-corrected chi connectivity index (χ3v) is 6.66. The van der Waals surface area contributed by atoms with Crippen LogP contribution in [0.1, 0.15) is 39.0 Å². The quantitative estimate of drug-likeness (QED) is 0.639. The van der Waals surface area contributed by atoms with Gasteiger partial charge in [0, 0.05) is 0 Å². The van der Waals surface area contributed by atoms with Crippen molar-refractivity contribution in [1.29, 1.82) is 0 Å². The predicted octanol–water partition coefficient (Wildman–Crippen LogP) is 5.28. The minimum absolute atomic E-state index is 0.204. The van der Waals surface area contributed by atoms with Gasteiger partial charge >= 0.3 is 23.9 Å². The van der Waals surface area contributed by atoms with E-state index in [9.17, 15) is 44.6 Å². The average Bonchev–Trinajstić information content (AvgIpc) is 2.43. The van der Waals surface area contributed by atoms with Gasteiger partial charge in [0.05, 0.1) is 0 Å². The van der Waals surface area contributed by atoms with Crippen molar-refractivity contribution in [2.45, 2.75) is 68.6 Å². The Balaban J connectivity index is 1.97. The van der Waals surface area contributed by atoms with Gasteiger partial charge in [0.2, 0.25) is 0 Å². The average molecular weight is 398 g/mol. The van der Waals surface area contributed by atoms with Gasteiger partial charge in [-0.3, -0.25) is 0 Å². The van der Waals surface area contributed by atoms with Gasteiger partial charge in [-0.05, 0) is 68.6 Å². The number of alkyl halides is 9. The fraction of sp³-hybridized carbons (Fsp3) is 1.00. The maximum Gasteiger partial charge on any atom is 0.460 e. The fourth-order valence-electron chi connectivity index (χ4n) is 5.75. The lowest BCUT2D eigenvalue weighted by Crippen LogP contribution is -2.71. The number of hydrogen-bond acceptors (Lipinski definition) is 1. The summed E-state index contributed by atoms with van der Waals surface area (Å²) in [5.41, 5.74) is -3.69. The van der Waals surface area contributed by atoms with Gasteiger partial charge in [0.15, 0.2) is 0 Å². The lowest BCUT2D eigenvalue weighted by molar-refractivity contribution is -0.422. The van der Waals surface area contributed by atoms with E-state index in [1.165, 1.54) is 0 Å². The zero-order valence-corrected chi connectivity index (χ0v) is 13.8. The largest absolute Gasteiger partial charge is 0.460 e. The highest BCUT2D eigenvalue weighted by Crippen LogP contribution is 2.64. The maximum absolute atomic E-state index is 14.4. The van der Waals surface area contributed by atoms with E-state index in [4.69, 9.17) is 0 Å². The highest BCUT2D eigenvalue weighted by atomic mass is 19.4. The molecule has 0 spiro atoms. The molecule has 1 nitrogen and oxygen atoms in total. The van der Waals surface area contributed by atoms with Crippen LogP contribution < -0.4 is 0 Å². The fourth-order valence-corrected chi connectivity index (χ4v) is 5.75. The van der Waals surface area contributed by atoms with E-state index in [2.05, 4.69) is 0 Å². The summed E-state index contributed by atoms with van der Waals surface area (Å²) in [6, 6.07) is 0. The van der Waals surface area contributed by atoms with Crippen LogP contribution >= 0.6 is 0 Å². The molecular weight excluding hydrogens is 379 g/mol. The van der Waals surface area contributed by atoms with Crippen LogP contribution in [0.5, 0.6) is 0 Å². The zero-order chi connectivity index (χ0) is 19.9. The molecule has 0 aromatic rings. The van der Waals surface area contributed by atoms with Crippen molar-refractivity contribution in [2.75, 3.05) is 0 Å². The summed E-state index contributed by atoms with van der Waals surface area (Å²) in [4.78, 5) is 0. The van der Waals surface area contributed by atoms with E-state index in [-0.39, 0.29) is 18.8 Å². The lowest BCUT2D eigenvalue weighted by Gasteiger charge is -2.59. The molecule has 4 saturated carbocycles. The minimum atomic E-state index is -6.97. The van der Waals surface area contributed by atoms with Gasteiger partial charge in [-0.1, -0.05) is 0 Å². The zero-order valence-electron chi connectivity index (χ0n) is 13.8. The summed E-state index contributed by atoms with van der Waals surface area (Å²) in [6.07, 6.45) is -4.42. The summed E-state index contributed by atoms with van der Waals surface area (Å²) < 4.78 is 120. The second kappa shape index (κ2) is 5.44. The molecule has 1 atom stereocenters. The Kier molecular flexibility index (Phi) is 4.20. The molecule has 0 aromatic carbocycles. The Hall–Kier alpha value is -0.670. The second-order valence-corrected chi connectivity index (χ2v) is 8.32. The maximum atomic E-state index is 14.4. The monoisotopic (exact) mass is 398 g/mol. The Bertz CT molecular complexity index is 539. The molecule has 1 N–H and O–H groups in total. The SMILES string of the molecule is CC(O)(C1C2CC3CC(C2)CC1C3)C(F)(F)C(F)(F)C(F)(F)C(F)(F)F. The molecule has 0 saturated heterocycles. The molecule has 4 rings (SSSR count). The summed E-state index contributed by atoms with van der Waals surface area (Å²) in [7, 11) is 0. The standard InChI is InChI=1S/C16H19F9O/c1-12(26,11-9-3-7-2-8(5-9)6-10(11)4-7)13(17,18)14(19,20)15(21,22)16(23,24)25/h7-11,26H,2-6H2,1H3. The van der Waals surface area contributed by atoms with Gasteiger partial charge in [-0.25, -0.2) is 0 Å². The number of rotatable bonds is 4. The Morgan fingerprint density at radius 3 is 1.35 bits per heavy atom. The van der Waals surface area contributed by atoms with E-state index in [0.717, 1.165) is 6.42 Å². The highest BCUT2D eigenvalue weighted by molar-refractivity contribution is 5.14. The molecule has 0 amide bonds. The smallest absolute Gasteiger partial charge is 0.383 e. The van der Waals surface area contributed by atoms with E-state index in [1.807, 2.05) is 0 Å². The van der Waals surface area contributed by atoms with Crippen molar-refractivity contribution in [1.82, 2.24) is 0 Å². The van der Waals surface area contributed by atoms with Gasteiger partial charge in [0.25, 0.3) is 0 Å². The molecule has 0 radical (unpaired) electrons. The first-order valence-electron chi connectivity index (χ1n) is 8.46. The first-order valence-corrected chi connectivity index (χ1v) is 8.46. The third kappa shape index (κ3) is 2.42. The van der Waals surface area contributed by atoms with Crippen molar-refractivity contribution in [3.8, 4) is 0 Å². The summed E-state index contributed by atoms with van der Waals surface area (Å²) >= 11 is 0. The van der Waals surface area contributed by atoms with Crippen molar-refractivity contribution < 1.29 is 44.6 Å². The molecule has 4 aliphatic carbocycles. The topological polar surface area (TPSA) is 20.2 Å². The molecule has 0 aromatic heterocycles. The van der Waals surface area contributed by atoms with Crippen LogP contribution in [0.15, 0.2) is 0 Å². The lowest BCUT2D eigenvalue weighted by atomic mass is 9.48. The van der Waals surface area contributed by atoms with Crippen molar-refractivity contribution >= 4 is 0 Å². The molecule has 152 valence electrons. The molecule has 10 heteroatoms. The first-order chi connectivity index (χ1) is 11.5. The molecule has 4 bridgehead atoms. The summed E-state index contributed by atoms with van der Waals surface area (Å²) in [5.74, 6) is -21.9. The molecule has 0 heterocycles. The third-order valence-electron chi connectivity index (χ3n) is 6.66. The van der Waals surface area contributed by atoms with Crippen molar-refractivity contribution in [3.05, 3.63) is 0 Å². The Morgan fingerprint density at radius 1 is 0.615 bits per heavy atom. The van der Waals surface area contributed by atoms with Crippen LogP contribution in [0.2, 0.25) is 0 Å². The number of hydrogen-bond donors (Lipinski definition) is 1. The molecule has 4 aliphatic rings. The van der Waals surface area contributed by atoms with E-state index < -0.39 is 47.3 Å². The minimum Gasteiger partial charge on any atom is -0.383 e. The van der Waals surface area contributed by atoms with Gasteiger partial charge < -0.3 is 5.11 Å². The molecule has 0 aliphatic heterocycles. The van der Waals surface area contributed by atoms with Crippen molar-refractivity contribution in [3.63, 3.8) is 0 Å².